The molecule has 100 valence electrons. The third kappa shape index (κ3) is 3.70. The topological polar surface area (TPSA) is 58.6 Å². The third-order valence-corrected chi connectivity index (χ3v) is 2.56. The van der Waals surface area contributed by atoms with Crippen molar-refractivity contribution in [3.63, 3.8) is 0 Å². The van der Waals surface area contributed by atoms with Crippen LogP contribution in [-0.4, -0.2) is 30.8 Å². The number of hydrogen-bond donors (Lipinski definition) is 2. The monoisotopic (exact) mass is 255 g/mol. The van der Waals surface area contributed by atoms with Crippen molar-refractivity contribution in [3.8, 4) is 5.75 Å². The van der Waals surface area contributed by atoms with E-state index in [1.54, 1.807) is 0 Å². The molecule has 1 atom stereocenters. The molecule has 0 fully saturated rings. The Balaban J connectivity index is 2.80. The summed E-state index contributed by atoms with van der Waals surface area (Å²) >= 11 is 0. The van der Waals surface area contributed by atoms with Gasteiger partial charge >= 0.3 is 0 Å². The number of carbonyl (C=O) groups is 1. The molecular weight excluding hydrogens is 237 g/mol. The molecule has 0 aromatic heterocycles. The second-order valence-electron chi connectivity index (χ2n) is 4.05. The Morgan fingerprint density at radius 2 is 2.28 bits per heavy atom. The number of carbonyl (C=O) groups excluding carboxylic acids is 1. The molecule has 0 saturated carbocycles. The average Bonchev–Trinajstić information content (AvgIpc) is 2.29. The number of amides is 1. The van der Waals surface area contributed by atoms with Crippen molar-refractivity contribution in [3.05, 3.63) is 29.6 Å². The number of hydrogen-bond acceptors (Lipinski definition) is 3. The standard InChI is InChI=1S/C13H18FNO3/c1-3-5-9(8-18-2)15-13(17)12-10(14)6-4-7-11(12)16/h4,6-7,9,16H,3,5,8H2,1-2H3,(H,15,17). The summed E-state index contributed by atoms with van der Waals surface area (Å²) in [5, 5.41) is 12.2. The zero-order valence-corrected chi connectivity index (χ0v) is 10.6. The Labute approximate surface area is 106 Å². The molecule has 1 unspecified atom stereocenters. The van der Waals surface area contributed by atoms with Crippen molar-refractivity contribution in [1.82, 2.24) is 5.32 Å². The van der Waals surface area contributed by atoms with Gasteiger partial charge in [0.15, 0.2) is 0 Å². The minimum Gasteiger partial charge on any atom is -0.507 e. The molecule has 0 spiro atoms. The number of nitrogens with one attached hydrogen (secondary N) is 1. The maximum atomic E-state index is 13.5. The summed E-state index contributed by atoms with van der Waals surface area (Å²) in [4.78, 5) is 11.9. The van der Waals surface area contributed by atoms with Crippen LogP contribution < -0.4 is 5.32 Å². The smallest absolute Gasteiger partial charge is 0.258 e. The molecule has 0 bridgehead atoms. The molecule has 18 heavy (non-hydrogen) atoms. The van der Waals surface area contributed by atoms with Crippen LogP contribution in [0.1, 0.15) is 30.1 Å². The molecule has 0 aliphatic heterocycles. The molecule has 2 N–H and O–H groups in total. The van der Waals surface area contributed by atoms with E-state index in [1.165, 1.54) is 19.2 Å². The minimum absolute atomic E-state index is 0.188. The van der Waals surface area contributed by atoms with Gasteiger partial charge in [-0.25, -0.2) is 4.39 Å². The number of benzene rings is 1. The SMILES string of the molecule is CCCC(COC)NC(=O)c1c(O)cccc1F. The summed E-state index contributed by atoms with van der Waals surface area (Å²) in [6.07, 6.45) is 1.60. The Morgan fingerprint density at radius 3 is 2.83 bits per heavy atom. The summed E-state index contributed by atoms with van der Waals surface area (Å²) in [6.45, 7) is 2.34. The van der Waals surface area contributed by atoms with E-state index >= 15 is 0 Å². The second kappa shape index (κ2) is 6.96. The number of phenolic OH excluding ortho intramolecular Hbond substituents is 1. The van der Waals surface area contributed by atoms with Crippen molar-refractivity contribution in [2.24, 2.45) is 0 Å². The van der Waals surface area contributed by atoms with E-state index in [0.29, 0.717) is 6.61 Å². The summed E-state index contributed by atoms with van der Waals surface area (Å²) in [5.41, 5.74) is -0.324. The van der Waals surface area contributed by atoms with Crippen LogP contribution in [0.3, 0.4) is 0 Å². The third-order valence-electron chi connectivity index (χ3n) is 2.56. The number of aromatic hydroxyl groups is 1. The van der Waals surface area contributed by atoms with E-state index in [4.69, 9.17) is 4.74 Å². The first-order chi connectivity index (χ1) is 8.60. The maximum absolute atomic E-state index is 13.5. The molecule has 0 saturated heterocycles. The molecule has 0 heterocycles. The lowest BCUT2D eigenvalue weighted by Crippen LogP contribution is -2.38. The molecule has 1 aromatic rings. The number of halogens is 1. The molecule has 1 aromatic carbocycles. The highest BCUT2D eigenvalue weighted by molar-refractivity contribution is 5.97. The Morgan fingerprint density at radius 1 is 1.56 bits per heavy atom. The fourth-order valence-electron chi connectivity index (χ4n) is 1.74. The van der Waals surface area contributed by atoms with Crippen LogP contribution in [0.5, 0.6) is 5.75 Å². The van der Waals surface area contributed by atoms with Crippen LogP contribution in [0, 0.1) is 5.82 Å². The number of methoxy groups -OCH3 is 1. The highest BCUT2D eigenvalue weighted by Crippen LogP contribution is 2.19. The molecule has 0 aliphatic rings. The number of phenols is 1. The first kappa shape index (κ1) is 14.4. The molecule has 0 aliphatic carbocycles. The summed E-state index contributed by atoms with van der Waals surface area (Å²) in [6, 6.07) is 3.58. The van der Waals surface area contributed by atoms with Crippen LogP contribution in [-0.2, 0) is 4.74 Å². The van der Waals surface area contributed by atoms with Crippen LogP contribution in [0.4, 0.5) is 4.39 Å². The van der Waals surface area contributed by atoms with Gasteiger partial charge in [-0.1, -0.05) is 19.4 Å². The average molecular weight is 255 g/mol. The van der Waals surface area contributed by atoms with Crippen LogP contribution in [0.25, 0.3) is 0 Å². The highest BCUT2D eigenvalue weighted by Gasteiger charge is 2.19. The van der Waals surface area contributed by atoms with E-state index < -0.39 is 11.7 Å². The van der Waals surface area contributed by atoms with Crippen molar-refractivity contribution >= 4 is 5.91 Å². The largest absolute Gasteiger partial charge is 0.507 e. The number of rotatable bonds is 6. The van der Waals surface area contributed by atoms with Gasteiger partial charge in [0.2, 0.25) is 0 Å². The maximum Gasteiger partial charge on any atom is 0.258 e. The van der Waals surface area contributed by atoms with E-state index in [1.807, 2.05) is 6.92 Å². The molecule has 1 amide bonds. The van der Waals surface area contributed by atoms with Crippen molar-refractivity contribution in [2.75, 3.05) is 13.7 Å². The Kier molecular flexibility index (Phi) is 5.58. The van der Waals surface area contributed by atoms with E-state index in [9.17, 15) is 14.3 Å². The van der Waals surface area contributed by atoms with Crippen LogP contribution in [0.2, 0.25) is 0 Å². The number of ether oxygens (including phenoxy) is 1. The van der Waals surface area contributed by atoms with Crippen molar-refractivity contribution in [1.29, 1.82) is 0 Å². The summed E-state index contributed by atoms with van der Waals surface area (Å²) in [5.74, 6) is -1.72. The van der Waals surface area contributed by atoms with E-state index in [2.05, 4.69) is 5.32 Å². The normalized spacial score (nSPS) is 12.2. The lowest BCUT2D eigenvalue weighted by Gasteiger charge is -2.17. The van der Waals surface area contributed by atoms with Gasteiger partial charge in [-0.2, -0.15) is 0 Å². The Bertz CT molecular complexity index is 383. The molecular formula is C13H18FNO3. The Hall–Kier alpha value is -1.62. The predicted octanol–water partition coefficient (Wildman–Crippen LogP) is 2.08. The molecule has 4 nitrogen and oxygen atoms in total. The van der Waals surface area contributed by atoms with E-state index in [0.717, 1.165) is 18.9 Å². The predicted molar refractivity (Wildman–Crippen MR) is 66.1 cm³/mol. The fourth-order valence-corrected chi connectivity index (χ4v) is 1.74. The first-order valence-corrected chi connectivity index (χ1v) is 5.87. The van der Waals surface area contributed by atoms with Gasteiger partial charge in [-0.05, 0) is 18.6 Å². The molecule has 0 radical (unpaired) electrons. The van der Waals surface area contributed by atoms with Crippen molar-refractivity contribution in [2.45, 2.75) is 25.8 Å². The second-order valence-corrected chi connectivity index (χ2v) is 4.05. The molecule has 1 rings (SSSR count). The van der Waals surface area contributed by atoms with Gasteiger partial charge < -0.3 is 15.2 Å². The minimum atomic E-state index is -0.736. The lowest BCUT2D eigenvalue weighted by molar-refractivity contribution is 0.0884. The zero-order chi connectivity index (χ0) is 13.5. The summed E-state index contributed by atoms with van der Waals surface area (Å²) < 4.78 is 18.5. The zero-order valence-electron chi connectivity index (χ0n) is 10.6. The van der Waals surface area contributed by atoms with Gasteiger partial charge in [-0.3, -0.25) is 4.79 Å². The fraction of sp³-hybridized carbons (Fsp3) is 0.462. The van der Waals surface area contributed by atoms with Gasteiger partial charge in [-0.15, -0.1) is 0 Å². The molecule has 5 heteroatoms. The lowest BCUT2D eigenvalue weighted by atomic mass is 10.1. The van der Waals surface area contributed by atoms with Crippen LogP contribution in [0.15, 0.2) is 18.2 Å². The van der Waals surface area contributed by atoms with Gasteiger partial charge in [0.1, 0.15) is 17.1 Å². The van der Waals surface area contributed by atoms with Crippen molar-refractivity contribution < 1.29 is 19.0 Å². The van der Waals surface area contributed by atoms with Gasteiger partial charge in [0.25, 0.3) is 5.91 Å². The van der Waals surface area contributed by atoms with E-state index in [-0.39, 0.29) is 17.4 Å². The van der Waals surface area contributed by atoms with Gasteiger partial charge in [0.05, 0.1) is 12.6 Å². The first-order valence-electron chi connectivity index (χ1n) is 5.87. The summed E-state index contributed by atoms with van der Waals surface area (Å²) in [7, 11) is 1.54. The van der Waals surface area contributed by atoms with Gasteiger partial charge in [0, 0.05) is 7.11 Å². The highest BCUT2D eigenvalue weighted by atomic mass is 19.1. The van der Waals surface area contributed by atoms with Crippen LogP contribution >= 0.6 is 0 Å². The quantitative estimate of drug-likeness (QED) is 0.818.